The average Bonchev–Trinajstić information content (AvgIpc) is 2.86. The molecule has 4 rings (SSSR count). The lowest BCUT2D eigenvalue weighted by molar-refractivity contribution is 0.179. The van der Waals surface area contributed by atoms with Crippen LogP contribution in [0.1, 0.15) is 90.9 Å². The molecule has 2 unspecified atom stereocenters. The maximum atomic E-state index is 14.6. The van der Waals surface area contributed by atoms with Crippen LogP contribution in [0.15, 0.2) is 24.3 Å². The van der Waals surface area contributed by atoms with Gasteiger partial charge in [-0.1, -0.05) is 64.5 Å². The minimum absolute atomic E-state index is 0.00228. The number of halogens is 2. The molecule has 2 fully saturated rings. The largest absolute Gasteiger partial charge is 0.490 e. The highest BCUT2D eigenvalue weighted by molar-refractivity contribution is 5.35. The van der Waals surface area contributed by atoms with Crippen molar-refractivity contribution in [1.29, 1.82) is 0 Å². The Labute approximate surface area is 205 Å². The van der Waals surface area contributed by atoms with Crippen molar-refractivity contribution in [2.75, 3.05) is 13.2 Å². The minimum atomic E-state index is -0.934. The summed E-state index contributed by atoms with van der Waals surface area (Å²) in [5.41, 5.74) is 0. The number of hydrogen-bond donors (Lipinski definition) is 0. The van der Waals surface area contributed by atoms with Gasteiger partial charge in [-0.05, 0) is 80.2 Å². The van der Waals surface area contributed by atoms with Crippen LogP contribution in [-0.2, 0) is 0 Å². The standard InChI is InChI=1S/C30H44F2O2/c1-3-4-22-9-13-25(14-10-22)26-15-11-24(12-16-26)20-34-28-18-17-27(29(31)30(28)32)33-19-23-7-5-21(2)6-8-23/h11,15,17-18,21-26H,3-10,12-14,16,19-20H2,1-2H3. The fourth-order valence-electron chi connectivity index (χ4n) is 6.38. The summed E-state index contributed by atoms with van der Waals surface area (Å²) in [7, 11) is 0. The molecule has 2 saturated carbocycles. The van der Waals surface area contributed by atoms with Gasteiger partial charge >= 0.3 is 0 Å². The van der Waals surface area contributed by atoms with Crippen molar-refractivity contribution in [3.8, 4) is 11.5 Å². The molecule has 0 heterocycles. The summed E-state index contributed by atoms with van der Waals surface area (Å²) >= 11 is 0. The first-order valence-corrected chi connectivity index (χ1v) is 13.9. The highest BCUT2D eigenvalue weighted by Crippen LogP contribution is 2.40. The smallest absolute Gasteiger partial charge is 0.204 e. The Bertz CT molecular complexity index is 791. The second-order valence-corrected chi connectivity index (χ2v) is 11.4. The van der Waals surface area contributed by atoms with E-state index in [2.05, 4.69) is 26.0 Å². The second-order valence-electron chi connectivity index (χ2n) is 11.4. The minimum Gasteiger partial charge on any atom is -0.490 e. The van der Waals surface area contributed by atoms with E-state index < -0.39 is 11.6 Å². The van der Waals surface area contributed by atoms with E-state index >= 15 is 0 Å². The molecule has 0 spiro atoms. The zero-order chi connectivity index (χ0) is 23.9. The Morgan fingerprint density at radius 2 is 1.35 bits per heavy atom. The summed E-state index contributed by atoms with van der Waals surface area (Å²) in [6, 6.07) is 3.03. The molecule has 0 radical (unpaired) electrons. The third-order valence-electron chi connectivity index (χ3n) is 8.77. The number of ether oxygens (including phenoxy) is 2. The van der Waals surface area contributed by atoms with Crippen LogP contribution >= 0.6 is 0 Å². The number of rotatable bonds is 9. The summed E-state index contributed by atoms with van der Waals surface area (Å²) < 4.78 is 40.6. The molecule has 2 nitrogen and oxygen atoms in total. The maximum Gasteiger partial charge on any atom is 0.204 e. The third-order valence-corrected chi connectivity index (χ3v) is 8.77. The van der Waals surface area contributed by atoms with Crippen molar-refractivity contribution in [2.45, 2.75) is 90.9 Å². The first kappa shape index (κ1) is 25.5. The van der Waals surface area contributed by atoms with Crippen molar-refractivity contribution in [1.82, 2.24) is 0 Å². The van der Waals surface area contributed by atoms with Crippen molar-refractivity contribution in [3.63, 3.8) is 0 Å². The van der Waals surface area contributed by atoms with Gasteiger partial charge < -0.3 is 9.47 Å². The molecule has 0 aromatic heterocycles. The van der Waals surface area contributed by atoms with E-state index in [9.17, 15) is 8.78 Å². The summed E-state index contributed by atoms with van der Waals surface area (Å²) in [5.74, 6) is 2.02. The fraction of sp³-hybridized carbons (Fsp3) is 0.733. The van der Waals surface area contributed by atoms with Gasteiger partial charge in [-0.2, -0.15) is 8.78 Å². The van der Waals surface area contributed by atoms with Gasteiger partial charge in [0.15, 0.2) is 11.5 Å². The van der Waals surface area contributed by atoms with Gasteiger partial charge in [0.1, 0.15) is 0 Å². The lowest BCUT2D eigenvalue weighted by atomic mass is 9.71. The van der Waals surface area contributed by atoms with Crippen LogP contribution in [0.3, 0.4) is 0 Å². The van der Waals surface area contributed by atoms with E-state index in [-0.39, 0.29) is 17.4 Å². The van der Waals surface area contributed by atoms with Gasteiger partial charge in [0, 0.05) is 5.92 Å². The van der Waals surface area contributed by atoms with Crippen LogP contribution in [0.25, 0.3) is 0 Å². The van der Waals surface area contributed by atoms with Crippen molar-refractivity contribution < 1.29 is 18.3 Å². The molecule has 0 aliphatic heterocycles. The second kappa shape index (κ2) is 12.4. The fourth-order valence-corrected chi connectivity index (χ4v) is 6.38. The first-order chi connectivity index (χ1) is 16.5. The van der Waals surface area contributed by atoms with E-state index in [0.717, 1.165) is 37.0 Å². The summed E-state index contributed by atoms with van der Waals surface area (Å²) in [6.07, 6.45) is 19.6. The predicted octanol–water partition coefficient (Wildman–Crippen LogP) is 8.74. The highest BCUT2D eigenvalue weighted by Gasteiger charge is 2.28. The number of allylic oxidation sites excluding steroid dienone is 1. The van der Waals surface area contributed by atoms with Crippen LogP contribution in [0, 0.1) is 47.1 Å². The van der Waals surface area contributed by atoms with Crippen molar-refractivity contribution in [2.24, 2.45) is 35.5 Å². The molecule has 0 saturated heterocycles. The van der Waals surface area contributed by atoms with E-state index in [1.54, 1.807) is 0 Å². The quantitative estimate of drug-likeness (QED) is 0.333. The topological polar surface area (TPSA) is 18.5 Å². The summed E-state index contributed by atoms with van der Waals surface area (Å²) in [6.45, 7) is 5.41. The highest BCUT2D eigenvalue weighted by atomic mass is 19.2. The Morgan fingerprint density at radius 1 is 0.735 bits per heavy atom. The van der Waals surface area contributed by atoms with E-state index in [1.807, 2.05) is 0 Å². The summed E-state index contributed by atoms with van der Waals surface area (Å²) in [4.78, 5) is 0. The van der Waals surface area contributed by atoms with E-state index in [1.165, 1.54) is 69.9 Å². The molecular formula is C30H44F2O2. The Hall–Kier alpha value is -1.58. The Morgan fingerprint density at radius 3 is 1.94 bits per heavy atom. The Balaban J connectivity index is 1.22. The molecule has 4 heteroatoms. The van der Waals surface area contributed by atoms with Crippen molar-refractivity contribution >= 4 is 0 Å². The van der Waals surface area contributed by atoms with Crippen LogP contribution in [0.2, 0.25) is 0 Å². The molecule has 3 aliphatic rings. The lowest BCUT2D eigenvalue weighted by Gasteiger charge is -2.35. The molecule has 0 amide bonds. The van der Waals surface area contributed by atoms with Gasteiger partial charge in [0.2, 0.25) is 11.6 Å². The molecular weight excluding hydrogens is 430 g/mol. The molecule has 34 heavy (non-hydrogen) atoms. The van der Waals surface area contributed by atoms with Gasteiger partial charge in [-0.3, -0.25) is 0 Å². The zero-order valence-electron chi connectivity index (χ0n) is 21.2. The van der Waals surface area contributed by atoms with Crippen molar-refractivity contribution in [3.05, 3.63) is 35.9 Å². The van der Waals surface area contributed by atoms with Crippen LogP contribution in [-0.4, -0.2) is 13.2 Å². The first-order valence-electron chi connectivity index (χ1n) is 13.9. The maximum absolute atomic E-state index is 14.6. The third kappa shape index (κ3) is 6.76. The lowest BCUT2D eigenvalue weighted by Crippen LogP contribution is -2.24. The molecule has 1 aromatic rings. The SMILES string of the molecule is CCCC1CCC(C2C=CC(COc3ccc(OCC4CCC(C)CC4)c(F)c3F)CC2)CC1. The van der Waals surface area contributed by atoms with Gasteiger partial charge in [0.25, 0.3) is 0 Å². The number of hydrogen-bond acceptors (Lipinski definition) is 2. The number of benzene rings is 1. The normalized spacial score (nSPS) is 31.9. The molecule has 0 bridgehead atoms. The van der Waals surface area contributed by atoms with Crippen LogP contribution < -0.4 is 9.47 Å². The zero-order valence-corrected chi connectivity index (χ0v) is 21.2. The van der Waals surface area contributed by atoms with E-state index in [0.29, 0.717) is 25.0 Å². The van der Waals surface area contributed by atoms with E-state index in [4.69, 9.17) is 9.47 Å². The predicted molar refractivity (Wildman–Crippen MR) is 134 cm³/mol. The van der Waals surface area contributed by atoms with Gasteiger partial charge in [-0.25, -0.2) is 0 Å². The molecule has 2 atom stereocenters. The molecule has 190 valence electrons. The van der Waals surface area contributed by atoms with Crippen LogP contribution in [0.5, 0.6) is 11.5 Å². The molecule has 0 N–H and O–H groups in total. The average molecular weight is 475 g/mol. The Kier molecular flexibility index (Phi) is 9.31. The van der Waals surface area contributed by atoms with Crippen LogP contribution in [0.4, 0.5) is 8.78 Å². The monoisotopic (exact) mass is 474 g/mol. The van der Waals surface area contributed by atoms with Gasteiger partial charge in [0.05, 0.1) is 13.2 Å². The van der Waals surface area contributed by atoms with Gasteiger partial charge in [-0.15, -0.1) is 0 Å². The summed E-state index contributed by atoms with van der Waals surface area (Å²) in [5, 5.41) is 0. The molecule has 3 aliphatic carbocycles. The molecule has 1 aromatic carbocycles.